The molecule has 0 saturated carbocycles. The lowest BCUT2D eigenvalue weighted by atomic mass is 9.97. The SMILES string of the molecule is COc1cc(Cc2ncc[nH]2)c(-c2cccnc2)cc1OC. The van der Waals surface area contributed by atoms with Gasteiger partial charge >= 0.3 is 0 Å². The van der Waals surface area contributed by atoms with Crippen LogP contribution < -0.4 is 9.47 Å². The average molecular weight is 295 g/mol. The van der Waals surface area contributed by atoms with Gasteiger partial charge in [-0.1, -0.05) is 6.07 Å². The van der Waals surface area contributed by atoms with Crippen molar-refractivity contribution in [2.24, 2.45) is 0 Å². The first kappa shape index (κ1) is 14.1. The van der Waals surface area contributed by atoms with E-state index in [1.165, 1.54) is 0 Å². The standard InChI is InChI=1S/C17H17N3O2/c1-21-15-8-13(9-17-19-6-7-20-17)14(10-16(15)22-2)12-4-3-5-18-11-12/h3-8,10-11H,9H2,1-2H3,(H,19,20). The number of ether oxygens (including phenoxy) is 2. The normalized spacial score (nSPS) is 10.5. The zero-order valence-electron chi connectivity index (χ0n) is 12.5. The van der Waals surface area contributed by atoms with Crippen LogP contribution >= 0.6 is 0 Å². The van der Waals surface area contributed by atoms with Gasteiger partial charge in [-0.15, -0.1) is 0 Å². The number of nitrogens with one attached hydrogen (secondary N) is 1. The third kappa shape index (κ3) is 2.79. The largest absolute Gasteiger partial charge is 0.493 e. The van der Waals surface area contributed by atoms with Crippen molar-refractivity contribution in [1.82, 2.24) is 15.0 Å². The minimum absolute atomic E-state index is 0.678. The molecule has 22 heavy (non-hydrogen) atoms. The number of hydrogen-bond acceptors (Lipinski definition) is 4. The van der Waals surface area contributed by atoms with Gasteiger partial charge in [-0.05, 0) is 29.3 Å². The van der Waals surface area contributed by atoms with Gasteiger partial charge in [-0.3, -0.25) is 4.98 Å². The van der Waals surface area contributed by atoms with Crippen LogP contribution in [-0.4, -0.2) is 29.2 Å². The first-order valence-electron chi connectivity index (χ1n) is 6.95. The second-order valence-corrected chi connectivity index (χ2v) is 4.82. The molecule has 3 rings (SSSR count). The number of benzene rings is 1. The molecule has 0 amide bonds. The summed E-state index contributed by atoms with van der Waals surface area (Å²) in [6, 6.07) is 7.92. The van der Waals surface area contributed by atoms with Crippen molar-refractivity contribution in [1.29, 1.82) is 0 Å². The van der Waals surface area contributed by atoms with Crippen LogP contribution in [0.4, 0.5) is 0 Å². The Kier molecular flexibility index (Phi) is 4.05. The average Bonchev–Trinajstić information content (AvgIpc) is 3.08. The molecule has 0 spiro atoms. The van der Waals surface area contributed by atoms with E-state index in [2.05, 4.69) is 15.0 Å². The van der Waals surface area contributed by atoms with Crippen molar-refractivity contribution in [2.75, 3.05) is 14.2 Å². The Balaban J connectivity index is 2.12. The fraction of sp³-hybridized carbons (Fsp3) is 0.176. The zero-order valence-corrected chi connectivity index (χ0v) is 12.5. The van der Waals surface area contributed by atoms with Crippen LogP contribution in [0.2, 0.25) is 0 Å². The summed E-state index contributed by atoms with van der Waals surface area (Å²) in [5.74, 6) is 2.30. The summed E-state index contributed by atoms with van der Waals surface area (Å²) >= 11 is 0. The van der Waals surface area contributed by atoms with Gasteiger partial charge in [0.15, 0.2) is 11.5 Å². The van der Waals surface area contributed by atoms with Gasteiger partial charge < -0.3 is 14.5 Å². The van der Waals surface area contributed by atoms with Gasteiger partial charge in [-0.25, -0.2) is 4.98 Å². The van der Waals surface area contributed by atoms with Crippen molar-refractivity contribution >= 4 is 0 Å². The Bertz CT molecular complexity index is 740. The van der Waals surface area contributed by atoms with Crippen molar-refractivity contribution < 1.29 is 9.47 Å². The zero-order chi connectivity index (χ0) is 15.4. The maximum Gasteiger partial charge on any atom is 0.161 e. The van der Waals surface area contributed by atoms with Gasteiger partial charge in [0.2, 0.25) is 0 Å². The van der Waals surface area contributed by atoms with Gasteiger partial charge in [0.25, 0.3) is 0 Å². The molecule has 0 aliphatic heterocycles. The molecule has 0 aliphatic carbocycles. The molecule has 1 N–H and O–H groups in total. The molecule has 0 fully saturated rings. The van der Waals surface area contributed by atoms with Gasteiger partial charge in [0.1, 0.15) is 5.82 Å². The topological polar surface area (TPSA) is 60.0 Å². The van der Waals surface area contributed by atoms with E-state index in [1.807, 2.05) is 36.7 Å². The highest BCUT2D eigenvalue weighted by molar-refractivity contribution is 5.71. The molecule has 5 nitrogen and oxygen atoms in total. The summed E-state index contributed by atoms with van der Waals surface area (Å²) in [6.07, 6.45) is 7.85. The summed E-state index contributed by atoms with van der Waals surface area (Å²) in [7, 11) is 3.27. The lowest BCUT2D eigenvalue weighted by Gasteiger charge is -2.14. The van der Waals surface area contributed by atoms with Crippen molar-refractivity contribution in [2.45, 2.75) is 6.42 Å². The number of imidazole rings is 1. The minimum Gasteiger partial charge on any atom is -0.493 e. The Morgan fingerprint density at radius 2 is 1.91 bits per heavy atom. The molecule has 0 radical (unpaired) electrons. The lowest BCUT2D eigenvalue weighted by molar-refractivity contribution is 0.355. The van der Waals surface area contributed by atoms with Crippen LogP contribution in [0.3, 0.4) is 0 Å². The van der Waals surface area contributed by atoms with Gasteiger partial charge in [0.05, 0.1) is 14.2 Å². The fourth-order valence-electron chi connectivity index (χ4n) is 2.43. The van der Waals surface area contributed by atoms with Crippen LogP contribution in [0.5, 0.6) is 11.5 Å². The highest BCUT2D eigenvalue weighted by Gasteiger charge is 2.14. The predicted octanol–water partition coefficient (Wildman–Crippen LogP) is 3.08. The van der Waals surface area contributed by atoms with Crippen molar-refractivity contribution in [3.8, 4) is 22.6 Å². The number of methoxy groups -OCH3 is 2. The number of H-pyrrole nitrogens is 1. The van der Waals surface area contributed by atoms with Crippen LogP contribution in [0.25, 0.3) is 11.1 Å². The smallest absolute Gasteiger partial charge is 0.161 e. The molecular formula is C17H17N3O2. The van der Waals surface area contributed by atoms with E-state index >= 15 is 0 Å². The third-order valence-electron chi connectivity index (χ3n) is 3.49. The van der Waals surface area contributed by atoms with E-state index in [4.69, 9.17) is 9.47 Å². The Morgan fingerprint density at radius 3 is 2.55 bits per heavy atom. The third-order valence-corrected chi connectivity index (χ3v) is 3.49. The minimum atomic E-state index is 0.678. The molecule has 0 aliphatic rings. The molecule has 1 aromatic carbocycles. The molecular weight excluding hydrogens is 278 g/mol. The van der Waals surface area contributed by atoms with Gasteiger partial charge in [0, 0.05) is 36.8 Å². The highest BCUT2D eigenvalue weighted by atomic mass is 16.5. The lowest BCUT2D eigenvalue weighted by Crippen LogP contribution is -1.98. The number of hydrogen-bond donors (Lipinski definition) is 1. The van der Waals surface area contributed by atoms with Crippen molar-refractivity contribution in [3.05, 3.63) is 60.4 Å². The summed E-state index contributed by atoms with van der Waals surface area (Å²) in [5.41, 5.74) is 3.19. The second kappa shape index (κ2) is 6.30. The number of aromatic amines is 1. The van der Waals surface area contributed by atoms with Crippen molar-refractivity contribution in [3.63, 3.8) is 0 Å². The molecule has 5 heteroatoms. The second-order valence-electron chi connectivity index (χ2n) is 4.82. The maximum atomic E-state index is 5.42. The first-order valence-corrected chi connectivity index (χ1v) is 6.95. The summed E-state index contributed by atoms with van der Waals surface area (Å²) in [4.78, 5) is 11.6. The van der Waals surface area contributed by atoms with Gasteiger partial charge in [-0.2, -0.15) is 0 Å². The number of rotatable bonds is 5. The quantitative estimate of drug-likeness (QED) is 0.786. The van der Waals surface area contributed by atoms with E-state index in [0.717, 1.165) is 22.5 Å². The molecule has 3 aromatic rings. The van der Waals surface area contributed by atoms with Crippen LogP contribution in [0, 0.1) is 0 Å². The molecule has 2 heterocycles. The number of aromatic nitrogens is 3. The van der Waals surface area contributed by atoms with E-state index in [9.17, 15) is 0 Å². The summed E-state index contributed by atoms with van der Waals surface area (Å²) in [6.45, 7) is 0. The first-order chi connectivity index (χ1) is 10.8. The highest BCUT2D eigenvalue weighted by Crippen LogP contribution is 2.36. The number of pyridine rings is 1. The van der Waals surface area contributed by atoms with E-state index < -0.39 is 0 Å². The predicted molar refractivity (Wildman–Crippen MR) is 84.2 cm³/mol. The van der Waals surface area contributed by atoms with E-state index in [0.29, 0.717) is 17.9 Å². The van der Waals surface area contributed by atoms with E-state index in [1.54, 1.807) is 26.6 Å². The molecule has 0 bridgehead atoms. The maximum absolute atomic E-state index is 5.42. The molecule has 0 saturated heterocycles. The van der Waals surface area contributed by atoms with Crippen LogP contribution in [0.1, 0.15) is 11.4 Å². The monoisotopic (exact) mass is 295 g/mol. The number of nitrogens with zero attached hydrogens (tertiary/aromatic N) is 2. The molecule has 2 aromatic heterocycles. The molecule has 0 unspecified atom stereocenters. The summed E-state index contributed by atoms with van der Waals surface area (Å²) < 4.78 is 10.8. The Morgan fingerprint density at radius 1 is 1.09 bits per heavy atom. The van der Waals surface area contributed by atoms with Crippen LogP contribution in [-0.2, 0) is 6.42 Å². The Labute approximate surface area is 129 Å². The van der Waals surface area contributed by atoms with Crippen LogP contribution in [0.15, 0.2) is 49.1 Å². The molecule has 112 valence electrons. The fourth-order valence-corrected chi connectivity index (χ4v) is 2.43. The summed E-state index contributed by atoms with van der Waals surface area (Å²) in [5, 5.41) is 0. The van der Waals surface area contributed by atoms with E-state index in [-0.39, 0.29) is 0 Å². The molecule has 0 atom stereocenters. The Hall–Kier alpha value is -2.82.